The molecule has 1 heterocycles. The number of phenolic OH excluding ortho intramolecular Hbond substituents is 1. The Morgan fingerprint density at radius 1 is 1.32 bits per heavy atom. The molecule has 0 amide bonds. The van der Waals surface area contributed by atoms with Gasteiger partial charge in [-0.1, -0.05) is 6.92 Å². The van der Waals surface area contributed by atoms with E-state index in [1.54, 1.807) is 19.2 Å². The molecule has 5 nitrogen and oxygen atoms in total. The second-order valence-corrected chi connectivity index (χ2v) is 7.06. The van der Waals surface area contributed by atoms with E-state index in [0.717, 1.165) is 12.8 Å². The summed E-state index contributed by atoms with van der Waals surface area (Å²) in [5.74, 6) is 0.526. The summed E-state index contributed by atoms with van der Waals surface area (Å²) >= 11 is 0. The van der Waals surface area contributed by atoms with Gasteiger partial charge in [0.15, 0.2) is 0 Å². The van der Waals surface area contributed by atoms with E-state index in [1.165, 1.54) is 20.7 Å². The van der Waals surface area contributed by atoms with E-state index < -0.39 is 10.2 Å². The van der Waals surface area contributed by atoms with Crippen LogP contribution in [0.25, 0.3) is 0 Å². The molecular weight excluding hydrogens is 264 g/mol. The van der Waals surface area contributed by atoms with Crippen LogP contribution in [0.15, 0.2) is 24.3 Å². The van der Waals surface area contributed by atoms with Crippen LogP contribution in [-0.4, -0.2) is 38.0 Å². The zero-order valence-electron chi connectivity index (χ0n) is 11.3. The molecule has 1 aromatic carbocycles. The van der Waals surface area contributed by atoms with Gasteiger partial charge >= 0.3 is 10.2 Å². The first-order valence-electron chi connectivity index (χ1n) is 6.44. The van der Waals surface area contributed by atoms with Gasteiger partial charge in [0.1, 0.15) is 5.75 Å². The van der Waals surface area contributed by atoms with E-state index in [0.29, 0.717) is 24.7 Å². The Morgan fingerprint density at radius 3 is 2.53 bits per heavy atom. The number of hydrogen-bond acceptors (Lipinski definition) is 3. The van der Waals surface area contributed by atoms with Gasteiger partial charge in [-0.05, 0) is 43.0 Å². The molecular formula is C13H20N2O3S. The molecule has 1 aliphatic heterocycles. The van der Waals surface area contributed by atoms with Crippen molar-refractivity contribution in [3.8, 4) is 5.75 Å². The van der Waals surface area contributed by atoms with Gasteiger partial charge in [0.25, 0.3) is 0 Å². The molecule has 1 fully saturated rings. The molecule has 1 atom stereocenters. The summed E-state index contributed by atoms with van der Waals surface area (Å²) in [5, 5.41) is 9.25. The van der Waals surface area contributed by atoms with Crippen molar-refractivity contribution in [1.29, 1.82) is 0 Å². The van der Waals surface area contributed by atoms with Crippen molar-refractivity contribution in [1.82, 2.24) is 4.31 Å². The Morgan fingerprint density at radius 2 is 1.95 bits per heavy atom. The Kier molecular flexibility index (Phi) is 4.01. The Bertz CT molecular complexity index is 527. The smallest absolute Gasteiger partial charge is 0.303 e. The quantitative estimate of drug-likeness (QED) is 0.920. The summed E-state index contributed by atoms with van der Waals surface area (Å²) in [6, 6.07) is 6.17. The number of hydrogen-bond donors (Lipinski definition) is 1. The van der Waals surface area contributed by atoms with Crippen LogP contribution in [0.4, 0.5) is 5.69 Å². The largest absolute Gasteiger partial charge is 0.508 e. The monoisotopic (exact) mass is 284 g/mol. The first-order chi connectivity index (χ1) is 8.91. The Balaban J connectivity index is 2.21. The average Bonchev–Trinajstić information content (AvgIpc) is 2.39. The summed E-state index contributed by atoms with van der Waals surface area (Å²) in [6.07, 6.45) is 1.98. The molecule has 1 aliphatic rings. The van der Waals surface area contributed by atoms with Gasteiger partial charge in [0.2, 0.25) is 0 Å². The van der Waals surface area contributed by atoms with Gasteiger partial charge in [0, 0.05) is 20.1 Å². The lowest BCUT2D eigenvalue weighted by atomic mass is 10.0. The van der Waals surface area contributed by atoms with Gasteiger partial charge in [-0.15, -0.1) is 0 Å². The molecule has 0 aromatic heterocycles. The lowest BCUT2D eigenvalue weighted by Crippen LogP contribution is -2.46. The van der Waals surface area contributed by atoms with Crippen LogP contribution >= 0.6 is 0 Å². The SMILES string of the molecule is C[C@@H]1CCCN(S(=O)(=O)N(C)c2ccc(O)cc2)C1. The van der Waals surface area contributed by atoms with Crippen molar-refractivity contribution >= 4 is 15.9 Å². The molecule has 0 unspecified atom stereocenters. The van der Waals surface area contributed by atoms with Crippen molar-refractivity contribution in [3.63, 3.8) is 0 Å². The van der Waals surface area contributed by atoms with E-state index in [-0.39, 0.29) is 5.75 Å². The number of piperidine rings is 1. The van der Waals surface area contributed by atoms with E-state index in [4.69, 9.17) is 0 Å². The highest BCUT2D eigenvalue weighted by Gasteiger charge is 2.30. The molecule has 0 bridgehead atoms. The van der Waals surface area contributed by atoms with Crippen LogP contribution in [0.3, 0.4) is 0 Å². The van der Waals surface area contributed by atoms with Crippen molar-refractivity contribution < 1.29 is 13.5 Å². The first kappa shape index (κ1) is 14.1. The molecule has 0 saturated carbocycles. The minimum Gasteiger partial charge on any atom is -0.508 e. The van der Waals surface area contributed by atoms with Crippen LogP contribution in [0.2, 0.25) is 0 Å². The van der Waals surface area contributed by atoms with Gasteiger partial charge in [-0.25, -0.2) is 0 Å². The fourth-order valence-electron chi connectivity index (χ4n) is 2.32. The first-order valence-corrected chi connectivity index (χ1v) is 7.84. The normalized spacial score (nSPS) is 21.3. The Labute approximate surface area is 114 Å². The van der Waals surface area contributed by atoms with Crippen LogP contribution in [-0.2, 0) is 10.2 Å². The topological polar surface area (TPSA) is 60.9 Å². The fourth-order valence-corrected chi connectivity index (χ4v) is 3.86. The zero-order chi connectivity index (χ0) is 14.0. The number of nitrogens with zero attached hydrogens (tertiary/aromatic N) is 2. The lowest BCUT2D eigenvalue weighted by Gasteiger charge is -2.33. The van der Waals surface area contributed by atoms with Crippen LogP contribution in [0, 0.1) is 5.92 Å². The number of phenols is 1. The number of benzene rings is 1. The van der Waals surface area contributed by atoms with Gasteiger partial charge < -0.3 is 5.11 Å². The van der Waals surface area contributed by atoms with E-state index >= 15 is 0 Å². The maximum absolute atomic E-state index is 12.5. The summed E-state index contributed by atoms with van der Waals surface area (Å²) in [6.45, 7) is 3.22. The van der Waals surface area contributed by atoms with Gasteiger partial charge in [-0.2, -0.15) is 12.7 Å². The molecule has 0 spiro atoms. The highest BCUT2D eigenvalue weighted by atomic mass is 32.2. The zero-order valence-corrected chi connectivity index (χ0v) is 12.1. The number of rotatable bonds is 3. The van der Waals surface area contributed by atoms with Crippen LogP contribution in [0.1, 0.15) is 19.8 Å². The maximum Gasteiger partial charge on any atom is 0.303 e. The third-order valence-corrected chi connectivity index (χ3v) is 5.39. The molecule has 1 aromatic rings. The number of aromatic hydroxyl groups is 1. The fraction of sp³-hybridized carbons (Fsp3) is 0.538. The van der Waals surface area contributed by atoms with E-state index in [1.807, 2.05) is 0 Å². The molecule has 2 rings (SSSR count). The summed E-state index contributed by atoms with van der Waals surface area (Å²) in [5.41, 5.74) is 0.552. The summed E-state index contributed by atoms with van der Waals surface area (Å²) in [7, 11) is -1.93. The Hall–Kier alpha value is -1.27. The number of anilines is 1. The molecule has 0 radical (unpaired) electrons. The molecule has 6 heteroatoms. The van der Waals surface area contributed by atoms with Crippen LogP contribution < -0.4 is 4.31 Å². The third kappa shape index (κ3) is 3.01. The molecule has 0 aliphatic carbocycles. The predicted octanol–water partition coefficient (Wildman–Crippen LogP) is 1.81. The lowest BCUT2D eigenvalue weighted by molar-refractivity contribution is 0.281. The van der Waals surface area contributed by atoms with E-state index in [2.05, 4.69) is 6.92 Å². The molecule has 19 heavy (non-hydrogen) atoms. The highest BCUT2D eigenvalue weighted by molar-refractivity contribution is 7.90. The van der Waals surface area contributed by atoms with Gasteiger partial charge in [-0.3, -0.25) is 4.31 Å². The van der Waals surface area contributed by atoms with E-state index in [9.17, 15) is 13.5 Å². The van der Waals surface area contributed by atoms with Gasteiger partial charge in [0.05, 0.1) is 5.69 Å². The molecule has 106 valence electrons. The van der Waals surface area contributed by atoms with Crippen molar-refractivity contribution in [2.45, 2.75) is 19.8 Å². The second kappa shape index (κ2) is 5.38. The standard InChI is InChI=1S/C13H20N2O3S/c1-11-4-3-9-15(10-11)19(17,18)14(2)12-5-7-13(16)8-6-12/h5-8,11,16H,3-4,9-10H2,1-2H3/t11-/m1/s1. The predicted molar refractivity (Wildman–Crippen MR) is 75.4 cm³/mol. The maximum atomic E-state index is 12.5. The van der Waals surface area contributed by atoms with Crippen LogP contribution in [0.5, 0.6) is 5.75 Å². The molecule has 1 N–H and O–H groups in total. The summed E-state index contributed by atoms with van der Waals surface area (Å²) in [4.78, 5) is 0. The minimum absolute atomic E-state index is 0.126. The van der Waals surface area contributed by atoms with Crippen molar-refractivity contribution in [2.24, 2.45) is 5.92 Å². The highest BCUT2D eigenvalue weighted by Crippen LogP contribution is 2.24. The van der Waals surface area contributed by atoms with Crippen molar-refractivity contribution in [2.75, 3.05) is 24.4 Å². The second-order valence-electron chi connectivity index (χ2n) is 5.10. The average molecular weight is 284 g/mol. The minimum atomic E-state index is -3.48. The molecule has 1 saturated heterocycles. The van der Waals surface area contributed by atoms with Crippen molar-refractivity contribution in [3.05, 3.63) is 24.3 Å². The third-order valence-electron chi connectivity index (χ3n) is 3.51. The summed E-state index contributed by atoms with van der Waals surface area (Å²) < 4.78 is 27.8.